The highest BCUT2D eigenvalue weighted by atomic mass is 79.9. The molecular formula is C11H11BrFN3. The average molecular weight is 284 g/mol. The molecule has 0 radical (unpaired) electrons. The van der Waals surface area contributed by atoms with Gasteiger partial charge in [-0.15, -0.1) is 0 Å². The number of nitrogens with two attached hydrogens (primary N) is 1. The quantitative estimate of drug-likeness (QED) is 0.920. The number of imidazole rings is 1. The second-order valence-electron chi connectivity index (χ2n) is 3.45. The summed E-state index contributed by atoms with van der Waals surface area (Å²) in [7, 11) is 1.86. The Labute approximate surface area is 101 Å². The molecule has 0 unspecified atom stereocenters. The van der Waals surface area contributed by atoms with Crippen LogP contribution >= 0.6 is 15.9 Å². The lowest BCUT2D eigenvalue weighted by Crippen LogP contribution is -2.04. The highest BCUT2D eigenvalue weighted by molar-refractivity contribution is 9.10. The van der Waals surface area contributed by atoms with Crippen molar-refractivity contribution < 1.29 is 4.39 Å². The van der Waals surface area contributed by atoms with E-state index in [1.54, 1.807) is 6.07 Å². The van der Waals surface area contributed by atoms with Gasteiger partial charge in [-0.2, -0.15) is 0 Å². The molecule has 1 aromatic carbocycles. The zero-order chi connectivity index (χ0) is 11.7. The van der Waals surface area contributed by atoms with E-state index in [4.69, 9.17) is 5.73 Å². The lowest BCUT2D eigenvalue weighted by molar-refractivity contribution is 0.628. The first kappa shape index (κ1) is 11.3. The molecule has 84 valence electrons. The predicted octanol–water partition coefficient (Wildman–Crippen LogP) is 2.45. The van der Waals surface area contributed by atoms with Gasteiger partial charge in [-0.05, 0) is 28.1 Å². The summed E-state index contributed by atoms with van der Waals surface area (Å²) in [6, 6.07) is 6.34. The van der Waals surface area contributed by atoms with Gasteiger partial charge in [0, 0.05) is 19.2 Å². The van der Waals surface area contributed by atoms with Gasteiger partial charge in [0.1, 0.15) is 16.2 Å². The number of aromatic nitrogens is 2. The normalized spacial score (nSPS) is 10.8. The van der Waals surface area contributed by atoms with Crippen molar-refractivity contribution in [3.05, 3.63) is 40.4 Å². The van der Waals surface area contributed by atoms with E-state index in [1.807, 2.05) is 17.7 Å². The summed E-state index contributed by atoms with van der Waals surface area (Å²) in [4.78, 5) is 4.33. The molecule has 2 N–H and O–H groups in total. The molecule has 0 saturated heterocycles. The Bertz CT molecular complexity index is 522. The SMILES string of the molecule is Cn1c(-c2cccc(F)c2)nc(Br)c1CN. The smallest absolute Gasteiger partial charge is 0.141 e. The number of benzene rings is 1. The molecule has 3 nitrogen and oxygen atoms in total. The molecule has 1 aromatic heterocycles. The van der Waals surface area contributed by atoms with E-state index in [0.29, 0.717) is 17.0 Å². The summed E-state index contributed by atoms with van der Waals surface area (Å²) in [5, 5.41) is 0. The van der Waals surface area contributed by atoms with E-state index in [2.05, 4.69) is 20.9 Å². The molecule has 0 amide bonds. The van der Waals surface area contributed by atoms with E-state index >= 15 is 0 Å². The fraction of sp³-hybridized carbons (Fsp3) is 0.182. The van der Waals surface area contributed by atoms with Crippen molar-refractivity contribution in [3.63, 3.8) is 0 Å². The summed E-state index contributed by atoms with van der Waals surface area (Å²) in [6.07, 6.45) is 0. The second kappa shape index (κ2) is 4.35. The van der Waals surface area contributed by atoms with Crippen molar-refractivity contribution in [2.24, 2.45) is 12.8 Å². The van der Waals surface area contributed by atoms with Gasteiger partial charge >= 0.3 is 0 Å². The Morgan fingerprint density at radius 3 is 2.81 bits per heavy atom. The Hall–Kier alpha value is -1.20. The van der Waals surface area contributed by atoms with E-state index in [-0.39, 0.29) is 5.82 Å². The van der Waals surface area contributed by atoms with Crippen LogP contribution < -0.4 is 5.73 Å². The van der Waals surface area contributed by atoms with Gasteiger partial charge in [0.15, 0.2) is 0 Å². The molecule has 0 aliphatic heterocycles. The second-order valence-corrected chi connectivity index (χ2v) is 4.20. The first-order valence-electron chi connectivity index (χ1n) is 4.80. The molecule has 5 heteroatoms. The Morgan fingerprint density at radius 2 is 2.25 bits per heavy atom. The highest BCUT2D eigenvalue weighted by Gasteiger charge is 2.12. The zero-order valence-electron chi connectivity index (χ0n) is 8.74. The van der Waals surface area contributed by atoms with Crippen LogP contribution in [0.4, 0.5) is 4.39 Å². The van der Waals surface area contributed by atoms with Crippen molar-refractivity contribution in [1.29, 1.82) is 0 Å². The predicted molar refractivity (Wildman–Crippen MR) is 64.2 cm³/mol. The molecule has 0 aliphatic carbocycles. The van der Waals surface area contributed by atoms with Crippen molar-refractivity contribution in [1.82, 2.24) is 9.55 Å². The fourth-order valence-electron chi connectivity index (χ4n) is 1.61. The van der Waals surface area contributed by atoms with Crippen LogP contribution in [0.15, 0.2) is 28.9 Å². The molecule has 1 heterocycles. The molecule has 16 heavy (non-hydrogen) atoms. The van der Waals surface area contributed by atoms with Crippen molar-refractivity contribution in [2.45, 2.75) is 6.54 Å². The minimum atomic E-state index is -0.272. The van der Waals surface area contributed by atoms with Crippen LogP contribution in [0.2, 0.25) is 0 Å². The van der Waals surface area contributed by atoms with Crippen LogP contribution in [0.1, 0.15) is 5.69 Å². The Kier molecular flexibility index (Phi) is 3.07. The van der Waals surface area contributed by atoms with E-state index in [9.17, 15) is 4.39 Å². The Balaban J connectivity index is 2.56. The molecule has 0 bridgehead atoms. The van der Waals surface area contributed by atoms with Crippen molar-refractivity contribution in [2.75, 3.05) is 0 Å². The van der Waals surface area contributed by atoms with E-state index in [0.717, 1.165) is 11.3 Å². The van der Waals surface area contributed by atoms with Gasteiger partial charge in [-0.25, -0.2) is 9.37 Å². The van der Waals surface area contributed by atoms with Gasteiger partial charge in [0.2, 0.25) is 0 Å². The monoisotopic (exact) mass is 283 g/mol. The maximum Gasteiger partial charge on any atom is 0.141 e. The van der Waals surface area contributed by atoms with Crippen LogP contribution in [0.5, 0.6) is 0 Å². The first-order valence-corrected chi connectivity index (χ1v) is 5.60. The van der Waals surface area contributed by atoms with Gasteiger partial charge in [0.25, 0.3) is 0 Å². The molecule has 0 spiro atoms. The van der Waals surface area contributed by atoms with Gasteiger partial charge in [-0.1, -0.05) is 12.1 Å². The first-order chi connectivity index (χ1) is 7.63. The number of hydrogen-bond donors (Lipinski definition) is 1. The highest BCUT2D eigenvalue weighted by Crippen LogP contribution is 2.24. The molecule has 2 aromatic rings. The lowest BCUT2D eigenvalue weighted by Gasteiger charge is -2.04. The average Bonchev–Trinajstić information content (AvgIpc) is 2.54. The van der Waals surface area contributed by atoms with Crippen LogP contribution in [0.3, 0.4) is 0 Å². The molecule has 0 fully saturated rings. The number of hydrogen-bond acceptors (Lipinski definition) is 2. The number of halogens is 2. The van der Waals surface area contributed by atoms with Crippen LogP contribution in [0.25, 0.3) is 11.4 Å². The maximum absolute atomic E-state index is 13.1. The summed E-state index contributed by atoms with van der Waals surface area (Å²) < 4.78 is 15.7. The topological polar surface area (TPSA) is 43.8 Å². The van der Waals surface area contributed by atoms with Gasteiger partial charge in [-0.3, -0.25) is 0 Å². The third-order valence-corrected chi connectivity index (χ3v) is 3.08. The summed E-state index contributed by atoms with van der Waals surface area (Å²) in [6.45, 7) is 0.388. The molecule has 0 saturated carbocycles. The fourth-order valence-corrected chi connectivity index (χ4v) is 2.20. The minimum Gasteiger partial charge on any atom is -0.329 e. The van der Waals surface area contributed by atoms with Crippen LogP contribution in [-0.2, 0) is 13.6 Å². The largest absolute Gasteiger partial charge is 0.329 e. The molecular weight excluding hydrogens is 273 g/mol. The van der Waals surface area contributed by atoms with Crippen LogP contribution in [-0.4, -0.2) is 9.55 Å². The lowest BCUT2D eigenvalue weighted by atomic mass is 10.2. The van der Waals surface area contributed by atoms with E-state index in [1.165, 1.54) is 12.1 Å². The summed E-state index contributed by atoms with van der Waals surface area (Å²) in [5.74, 6) is 0.428. The summed E-state index contributed by atoms with van der Waals surface area (Å²) in [5.41, 5.74) is 7.23. The Morgan fingerprint density at radius 1 is 1.50 bits per heavy atom. The molecule has 0 aliphatic rings. The maximum atomic E-state index is 13.1. The van der Waals surface area contributed by atoms with Crippen LogP contribution in [0, 0.1) is 5.82 Å². The number of rotatable bonds is 2. The van der Waals surface area contributed by atoms with Crippen molar-refractivity contribution >= 4 is 15.9 Å². The van der Waals surface area contributed by atoms with Gasteiger partial charge in [0.05, 0.1) is 5.69 Å². The molecule has 0 atom stereocenters. The third kappa shape index (κ3) is 1.88. The standard InChI is InChI=1S/C11H11BrFN3/c1-16-9(6-14)10(12)15-11(16)7-3-2-4-8(13)5-7/h2-5H,6,14H2,1H3. The van der Waals surface area contributed by atoms with E-state index < -0.39 is 0 Å². The number of nitrogens with zero attached hydrogens (tertiary/aromatic N) is 2. The molecule has 2 rings (SSSR count). The van der Waals surface area contributed by atoms with Gasteiger partial charge < -0.3 is 10.3 Å². The zero-order valence-corrected chi connectivity index (χ0v) is 10.3. The van der Waals surface area contributed by atoms with Crippen molar-refractivity contribution in [3.8, 4) is 11.4 Å². The third-order valence-electron chi connectivity index (χ3n) is 2.44. The minimum absolute atomic E-state index is 0.272. The summed E-state index contributed by atoms with van der Waals surface area (Å²) >= 11 is 3.34.